The van der Waals surface area contributed by atoms with Crippen LogP contribution in [-0.2, 0) is 0 Å². The fourth-order valence-corrected chi connectivity index (χ4v) is 2.90. The Balaban J connectivity index is 2.26. The molecule has 1 aliphatic rings. The van der Waals surface area contributed by atoms with Crippen LogP contribution in [0.5, 0.6) is 5.75 Å². The van der Waals surface area contributed by atoms with Gasteiger partial charge >= 0.3 is 0 Å². The van der Waals surface area contributed by atoms with E-state index in [4.69, 9.17) is 23.1 Å². The fraction of sp³-hybridized carbons (Fsp3) is 0.467. The van der Waals surface area contributed by atoms with Gasteiger partial charge in [-0.05, 0) is 30.5 Å². The molecule has 0 unspecified atom stereocenters. The van der Waals surface area contributed by atoms with E-state index in [9.17, 15) is 5.11 Å². The Morgan fingerprint density at radius 1 is 1.19 bits per heavy atom. The minimum Gasteiger partial charge on any atom is -0.507 e. The smallest absolute Gasteiger partial charge is 0.211 e. The van der Waals surface area contributed by atoms with Crippen LogP contribution in [0.2, 0.25) is 5.02 Å². The molecule has 0 spiro atoms. The van der Waals surface area contributed by atoms with Crippen LogP contribution >= 0.6 is 11.6 Å². The Morgan fingerprint density at radius 3 is 2.52 bits per heavy atom. The Hall–Kier alpha value is -1.75. The first-order valence-electron chi connectivity index (χ1n) is 7.20. The zero-order valence-electron chi connectivity index (χ0n) is 11.9. The molecule has 0 aromatic heterocycles. The van der Waals surface area contributed by atoms with Crippen molar-refractivity contribution in [2.45, 2.75) is 38.5 Å². The van der Waals surface area contributed by atoms with Gasteiger partial charge in [0.05, 0.1) is 5.71 Å². The first kappa shape index (κ1) is 15.6. The van der Waals surface area contributed by atoms with Crippen LogP contribution < -0.4 is 11.5 Å². The highest BCUT2D eigenvalue weighted by Crippen LogP contribution is 2.30. The van der Waals surface area contributed by atoms with Crippen molar-refractivity contribution in [1.29, 1.82) is 0 Å². The molecule has 21 heavy (non-hydrogen) atoms. The summed E-state index contributed by atoms with van der Waals surface area (Å²) in [5, 5.41) is 18.4. The molecule has 0 radical (unpaired) electrons. The molecule has 1 aromatic carbocycles. The number of phenolic OH excluding ortho intramolecular Hbond substituents is 1. The molecule has 0 bridgehead atoms. The average molecular weight is 309 g/mol. The van der Waals surface area contributed by atoms with Gasteiger partial charge in [0.25, 0.3) is 0 Å². The first-order valence-corrected chi connectivity index (χ1v) is 7.58. The van der Waals surface area contributed by atoms with Crippen molar-refractivity contribution in [2.75, 3.05) is 0 Å². The maximum Gasteiger partial charge on any atom is 0.211 e. The Morgan fingerprint density at radius 2 is 1.90 bits per heavy atom. The molecule has 5 N–H and O–H groups in total. The van der Waals surface area contributed by atoms with Crippen molar-refractivity contribution in [2.24, 2.45) is 27.6 Å². The molecule has 0 heterocycles. The van der Waals surface area contributed by atoms with E-state index in [0.29, 0.717) is 22.2 Å². The average Bonchev–Trinajstić information content (AvgIpc) is 2.45. The van der Waals surface area contributed by atoms with Gasteiger partial charge in [-0.2, -0.15) is 5.10 Å². The van der Waals surface area contributed by atoms with Crippen LogP contribution in [0.25, 0.3) is 0 Å². The molecule has 0 atom stereocenters. The van der Waals surface area contributed by atoms with Crippen molar-refractivity contribution in [1.82, 2.24) is 0 Å². The van der Waals surface area contributed by atoms with Gasteiger partial charge in [0.2, 0.25) is 5.96 Å². The molecule has 1 fully saturated rings. The summed E-state index contributed by atoms with van der Waals surface area (Å²) in [5.74, 6) is 0.564. The van der Waals surface area contributed by atoms with Crippen LogP contribution in [0.4, 0.5) is 0 Å². The summed E-state index contributed by atoms with van der Waals surface area (Å²) in [6, 6.07) is 4.98. The summed E-state index contributed by atoms with van der Waals surface area (Å²) in [6.45, 7) is 0. The normalized spacial score (nSPS) is 16.7. The SMILES string of the molecule is NC(N)=NN=C(CC1CCCCC1)c1ccc(Cl)cc1O. The Kier molecular flexibility index (Phi) is 5.44. The third-order valence-corrected chi connectivity index (χ3v) is 4.00. The number of hydrogen-bond donors (Lipinski definition) is 3. The zero-order valence-corrected chi connectivity index (χ0v) is 12.7. The Labute approximate surface area is 129 Å². The van der Waals surface area contributed by atoms with Crippen molar-refractivity contribution >= 4 is 23.3 Å². The molecular weight excluding hydrogens is 288 g/mol. The van der Waals surface area contributed by atoms with Crippen LogP contribution in [-0.4, -0.2) is 16.8 Å². The van der Waals surface area contributed by atoms with Crippen LogP contribution in [0, 0.1) is 5.92 Å². The maximum absolute atomic E-state index is 10.1. The third-order valence-electron chi connectivity index (χ3n) is 3.76. The summed E-state index contributed by atoms with van der Waals surface area (Å²) in [7, 11) is 0. The number of aromatic hydroxyl groups is 1. The largest absolute Gasteiger partial charge is 0.507 e. The zero-order chi connectivity index (χ0) is 15.2. The summed E-state index contributed by atoms with van der Waals surface area (Å²) in [5.41, 5.74) is 12.0. The predicted molar refractivity (Wildman–Crippen MR) is 86.7 cm³/mol. The number of rotatable bonds is 4. The molecule has 6 heteroatoms. The van der Waals surface area contributed by atoms with E-state index >= 15 is 0 Å². The molecule has 2 rings (SSSR count). The fourth-order valence-electron chi connectivity index (χ4n) is 2.74. The summed E-state index contributed by atoms with van der Waals surface area (Å²) in [4.78, 5) is 0. The third kappa shape index (κ3) is 4.63. The van der Waals surface area contributed by atoms with E-state index in [2.05, 4.69) is 10.2 Å². The van der Waals surface area contributed by atoms with Gasteiger partial charge in [-0.15, -0.1) is 5.10 Å². The van der Waals surface area contributed by atoms with Crippen molar-refractivity contribution < 1.29 is 5.11 Å². The number of nitrogens with two attached hydrogens (primary N) is 2. The number of hydrogen-bond acceptors (Lipinski definition) is 3. The van der Waals surface area contributed by atoms with Crippen molar-refractivity contribution in [3.63, 3.8) is 0 Å². The van der Waals surface area contributed by atoms with Crippen LogP contribution in [0.1, 0.15) is 44.1 Å². The second-order valence-corrected chi connectivity index (χ2v) is 5.88. The quantitative estimate of drug-likeness (QED) is 0.453. The van der Waals surface area contributed by atoms with Gasteiger partial charge in [0, 0.05) is 10.6 Å². The van der Waals surface area contributed by atoms with Crippen molar-refractivity contribution in [3.05, 3.63) is 28.8 Å². The lowest BCUT2D eigenvalue weighted by molar-refractivity contribution is 0.368. The highest BCUT2D eigenvalue weighted by atomic mass is 35.5. The number of nitrogens with zero attached hydrogens (tertiary/aromatic N) is 2. The van der Waals surface area contributed by atoms with E-state index in [1.165, 1.54) is 38.2 Å². The summed E-state index contributed by atoms with van der Waals surface area (Å²) < 4.78 is 0. The monoisotopic (exact) mass is 308 g/mol. The van der Waals surface area contributed by atoms with Gasteiger partial charge in [0.1, 0.15) is 5.75 Å². The second-order valence-electron chi connectivity index (χ2n) is 5.44. The molecule has 0 saturated heterocycles. The standard InChI is InChI=1S/C15H21ClN4O/c16-11-6-7-12(14(21)9-11)13(19-20-15(17)18)8-10-4-2-1-3-5-10/h6-7,9-10,21H,1-5,8H2,(H4,17,18,20). The molecule has 1 saturated carbocycles. The van der Waals surface area contributed by atoms with Gasteiger partial charge < -0.3 is 16.6 Å². The van der Waals surface area contributed by atoms with Gasteiger partial charge in [-0.3, -0.25) is 0 Å². The molecule has 1 aliphatic carbocycles. The summed E-state index contributed by atoms with van der Waals surface area (Å²) >= 11 is 5.87. The van der Waals surface area contributed by atoms with Crippen LogP contribution in [0.3, 0.4) is 0 Å². The Bertz CT molecular complexity index is 547. The van der Waals surface area contributed by atoms with Gasteiger partial charge in [0.15, 0.2) is 0 Å². The van der Waals surface area contributed by atoms with Gasteiger partial charge in [-0.25, -0.2) is 0 Å². The minimum absolute atomic E-state index is 0.0930. The molecule has 0 amide bonds. The van der Waals surface area contributed by atoms with E-state index in [1.54, 1.807) is 12.1 Å². The van der Waals surface area contributed by atoms with Crippen LogP contribution in [0.15, 0.2) is 28.4 Å². The number of benzene rings is 1. The van der Waals surface area contributed by atoms with E-state index < -0.39 is 0 Å². The molecule has 0 aliphatic heterocycles. The predicted octanol–water partition coefficient (Wildman–Crippen LogP) is 2.99. The molecular formula is C15H21ClN4O. The highest BCUT2D eigenvalue weighted by molar-refractivity contribution is 6.30. The lowest BCUT2D eigenvalue weighted by atomic mass is 9.84. The lowest BCUT2D eigenvalue weighted by Crippen LogP contribution is -2.22. The number of halogens is 1. The first-order chi connectivity index (χ1) is 10.1. The van der Waals surface area contributed by atoms with E-state index in [1.807, 2.05) is 0 Å². The van der Waals surface area contributed by atoms with E-state index in [-0.39, 0.29) is 11.7 Å². The second kappa shape index (κ2) is 7.31. The summed E-state index contributed by atoms with van der Waals surface area (Å²) in [6.07, 6.45) is 6.89. The highest BCUT2D eigenvalue weighted by Gasteiger charge is 2.19. The maximum atomic E-state index is 10.1. The van der Waals surface area contributed by atoms with E-state index in [0.717, 1.165) is 6.42 Å². The molecule has 114 valence electrons. The number of guanidine groups is 1. The molecule has 5 nitrogen and oxygen atoms in total. The molecule has 1 aromatic rings. The topological polar surface area (TPSA) is 97.0 Å². The number of phenols is 1. The lowest BCUT2D eigenvalue weighted by Gasteiger charge is -2.22. The van der Waals surface area contributed by atoms with Crippen molar-refractivity contribution in [3.8, 4) is 5.75 Å². The van der Waals surface area contributed by atoms with Gasteiger partial charge in [-0.1, -0.05) is 43.7 Å². The minimum atomic E-state index is -0.0930.